The highest BCUT2D eigenvalue weighted by atomic mass is 19.4. The highest BCUT2D eigenvalue weighted by Gasteiger charge is 2.30. The first kappa shape index (κ1) is 22.6. The fourth-order valence-electron chi connectivity index (χ4n) is 5.76. The molecule has 0 aliphatic rings. The van der Waals surface area contributed by atoms with Gasteiger partial charge >= 0.3 is 6.18 Å². The van der Waals surface area contributed by atoms with E-state index in [1.807, 2.05) is 30.3 Å². The zero-order valence-corrected chi connectivity index (χ0v) is 20.3. The molecular weight excluding hydrogens is 477 g/mol. The van der Waals surface area contributed by atoms with Gasteiger partial charge < -0.3 is 0 Å². The lowest BCUT2D eigenvalue weighted by molar-refractivity contribution is -0.137. The second-order valence-electron chi connectivity index (χ2n) is 9.64. The van der Waals surface area contributed by atoms with Gasteiger partial charge in [-0.05, 0) is 89.6 Å². The zero-order valence-electron chi connectivity index (χ0n) is 20.3. The maximum Gasteiger partial charge on any atom is 0.416 e. The third-order valence-electron chi connectivity index (χ3n) is 7.44. The third-order valence-corrected chi connectivity index (χ3v) is 7.44. The van der Waals surface area contributed by atoms with Gasteiger partial charge in [0.15, 0.2) is 0 Å². The van der Waals surface area contributed by atoms with Gasteiger partial charge in [0.2, 0.25) is 0 Å². The molecule has 7 aromatic rings. The smallest absolute Gasteiger partial charge is 0.166 e. The number of hydrogen-bond donors (Lipinski definition) is 0. The van der Waals surface area contributed by atoms with Crippen LogP contribution in [0.2, 0.25) is 0 Å². The van der Waals surface area contributed by atoms with E-state index in [1.54, 1.807) is 6.07 Å². The molecule has 0 aromatic heterocycles. The summed E-state index contributed by atoms with van der Waals surface area (Å²) in [5.41, 5.74) is 2.89. The molecule has 38 heavy (non-hydrogen) atoms. The van der Waals surface area contributed by atoms with Gasteiger partial charge in [0.1, 0.15) is 0 Å². The highest BCUT2D eigenvalue weighted by Crippen LogP contribution is 2.44. The second kappa shape index (κ2) is 8.46. The monoisotopic (exact) mass is 498 g/mol. The van der Waals surface area contributed by atoms with E-state index < -0.39 is 11.7 Å². The molecule has 0 heterocycles. The Balaban J connectivity index is 1.62. The summed E-state index contributed by atoms with van der Waals surface area (Å²) in [6.07, 6.45) is -4.40. The summed E-state index contributed by atoms with van der Waals surface area (Å²) in [5, 5.41) is 8.77. The van der Waals surface area contributed by atoms with Crippen LogP contribution in [-0.2, 0) is 6.18 Å². The SMILES string of the molecule is FC(F)(F)c1cccc(-c2cccc3c(-c4cc5ccccc5c5ccccc45)c4ccccc4cc23)c1. The minimum absolute atomic E-state index is 0.551. The van der Waals surface area contributed by atoms with Crippen LogP contribution < -0.4 is 0 Å². The van der Waals surface area contributed by atoms with Crippen LogP contribution in [0.25, 0.3) is 65.3 Å². The number of benzene rings is 7. The van der Waals surface area contributed by atoms with Crippen molar-refractivity contribution in [2.24, 2.45) is 0 Å². The van der Waals surface area contributed by atoms with Gasteiger partial charge in [-0.1, -0.05) is 103 Å². The van der Waals surface area contributed by atoms with Crippen molar-refractivity contribution >= 4 is 43.1 Å². The molecule has 0 saturated carbocycles. The molecule has 3 heteroatoms. The van der Waals surface area contributed by atoms with Gasteiger partial charge in [-0.3, -0.25) is 0 Å². The van der Waals surface area contributed by atoms with Gasteiger partial charge in [0, 0.05) is 0 Å². The van der Waals surface area contributed by atoms with Gasteiger partial charge in [-0.25, -0.2) is 0 Å². The average Bonchev–Trinajstić information content (AvgIpc) is 2.95. The Morgan fingerprint density at radius 1 is 0.395 bits per heavy atom. The second-order valence-corrected chi connectivity index (χ2v) is 9.64. The molecule has 0 fully saturated rings. The molecule has 0 radical (unpaired) electrons. The van der Waals surface area contributed by atoms with Gasteiger partial charge in [-0.2, -0.15) is 13.2 Å². The maximum atomic E-state index is 13.6. The van der Waals surface area contributed by atoms with E-state index in [0.717, 1.165) is 55.1 Å². The van der Waals surface area contributed by atoms with Crippen LogP contribution in [0.4, 0.5) is 13.2 Å². The summed E-state index contributed by atoms with van der Waals surface area (Å²) in [7, 11) is 0. The standard InChI is InChI=1S/C35H21F3/c36-35(37,38)25-12-7-11-22(19-25)27-17-8-18-31-32(27)20-24-10-2-4-14-28(24)34(31)33-21-23-9-1-3-13-26(23)29-15-5-6-16-30(29)33/h1-21H. The van der Waals surface area contributed by atoms with Crippen LogP contribution in [0.5, 0.6) is 0 Å². The predicted molar refractivity (Wildman–Crippen MR) is 152 cm³/mol. The number of rotatable bonds is 2. The molecule has 0 nitrogen and oxygen atoms in total. The van der Waals surface area contributed by atoms with E-state index in [-0.39, 0.29) is 0 Å². The van der Waals surface area contributed by atoms with Gasteiger partial charge in [-0.15, -0.1) is 0 Å². The van der Waals surface area contributed by atoms with E-state index in [2.05, 4.69) is 72.8 Å². The molecular formula is C35H21F3. The topological polar surface area (TPSA) is 0 Å². The Labute approximate surface area is 217 Å². The normalized spacial score (nSPS) is 12.1. The molecule has 0 aliphatic heterocycles. The van der Waals surface area contributed by atoms with Crippen LogP contribution in [0.15, 0.2) is 127 Å². The van der Waals surface area contributed by atoms with Crippen molar-refractivity contribution in [2.75, 3.05) is 0 Å². The Kier molecular flexibility index (Phi) is 5.02. The molecule has 0 unspecified atom stereocenters. The Morgan fingerprint density at radius 2 is 1.00 bits per heavy atom. The summed E-state index contributed by atoms with van der Waals surface area (Å²) in [6.45, 7) is 0. The number of alkyl halides is 3. The van der Waals surface area contributed by atoms with Crippen LogP contribution in [0.1, 0.15) is 5.56 Å². The summed E-state index contributed by atoms with van der Waals surface area (Å²) >= 11 is 0. The summed E-state index contributed by atoms with van der Waals surface area (Å²) in [5.74, 6) is 0. The lowest BCUT2D eigenvalue weighted by Gasteiger charge is -2.18. The minimum atomic E-state index is -4.40. The number of halogens is 3. The quantitative estimate of drug-likeness (QED) is 0.164. The molecule has 0 amide bonds. The van der Waals surface area contributed by atoms with Crippen molar-refractivity contribution < 1.29 is 13.2 Å². The van der Waals surface area contributed by atoms with Crippen molar-refractivity contribution in [2.45, 2.75) is 6.18 Å². The lowest BCUT2D eigenvalue weighted by atomic mass is 9.85. The van der Waals surface area contributed by atoms with Crippen molar-refractivity contribution in [3.63, 3.8) is 0 Å². The van der Waals surface area contributed by atoms with E-state index in [9.17, 15) is 13.2 Å². The predicted octanol–water partition coefficient (Wildman–Crippen LogP) is 10.7. The first-order valence-electron chi connectivity index (χ1n) is 12.5. The van der Waals surface area contributed by atoms with Gasteiger partial charge in [0.05, 0.1) is 5.56 Å². The largest absolute Gasteiger partial charge is 0.416 e. The zero-order chi connectivity index (χ0) is 25.9. The van der Waals surface area contributed by atoms with E-state index in [0.29, 0.717) is 5.56 Å². The van der Waals surface area contributed by atoms with Crippen LogP contribution in [0, 0.1) is 0 Å². The molecule has 0 N–H and O–H groups in total. The average molecular weight is 499 g/mol. The molecule has 0 bridgehead atoms. The molecule has 0 saturated heterocycles. The van der Waals surface area contributed by atoms with Crippen molar-refractivity contribution in [3.05, 3.63) is 133 Å². The fraction of sp³-hybridized carbons (Fsp3) is 0.0286. The van der Waals surface area contributed by atoms with Crippen molar-refractivity contribution in [3.8, 4) is 22.3 Å². The van der Waals surface area contributed by atoms with Crippen LogP contribution >= 0.6 is 0 Å². The molecule has 0 spiro atoms. The summed E-state index contributed by atoms with van der Waals surface area (Å²) in [4.78, 5) is 0. The molecule has 0 aliphatic carbocycles. The van der Waals surface area contributed by atoms with E-state index in [4.69, 9.17) is 0 Å². The summed E-state index contributed by atoms with van der Waals surface area (Å²) < 4.78 is 40.7. The highest BCUT2D eigenvalue weighted by molar-refractivity contribution is 6.22. The Morgan fingerprint density at radius 3 is 1.76 bits per heavy atom. The molecule has 0 atom stereocenters. The van der Waals surface area contributed by atoms with Crippen molar-refractivity contribution in [1.82, 2.24) is 0 Å². The van der Waals surface area contributed by atoms with E-state index in [1.165, 1.54) is 22.9 Å². The van der Waals surface area contributed by atoms with Crippen molar-refractivity contribution in [1.29, 1.82) is 0 Å². The Bertz CT molecular complexity index is 2020. The number of fused-ring (bicyclic) bond motifs is 5. The Hall–Kier alpha value is -4.63. The fourth-order valence-corrected chi connectivity index (χ4v) is 5.76. The molecule has 7 rings (SSSR count). The minimum Gasteiger partial charge on any atom is -0.166 e. The van der Waals surface area contributed by atoms with E-state index >= 15 is 0 Å². The third kappa shape index (κ3) is 3.54. The van der Waals surface area contributed by atoms with Gasteiger partial charge in [0.25, 0.3) is 0 Å². The van der Waals surface area contributed by atoms with Crippen LogP contribution in [0.3, 0.4) is 0 Å². The first-order chi connectivity index (χ1) is 18.5. The molecule has 182 valence electrons. The number of hydrogen-bond acceptors (Lipinski definition) is 0. The lowest BCUT2D eigenvalue weighted by Crippen LogP contribution is -2.04. The van der Waals surface area contributed by atoms with Crippen LogP contribution in [-0.4, -0.2) is 0 Å². The maximum absolute atomic E-state index is 13.6. The first-order valence-corrected chi connectivity index (χ1v) is 12.5. The summed E-state index contributed by atoms with van der Waals surface area (Å²) in [6, 6.07) is 41.0. The molecule has 7 aromatic carbocycles.